The molecule has 2 heterocycles. The van der Waals surface area contributed by atoms with Crippen LogP contribution in [0.5, 0.6) is 0 Å². The van der Waals surface area contributed by atoms with Crippen LogP contribution in [0.1, 0.15) is 17.5 Å². The van der Waals surface area contributed by atoms with Gasteiger partial charge in [-0.3, -0.25) is 4.98 Å². The van der Waals surface area contributed by atoms with Gasteiger partial charge in [0, 0.05) is 11.8 Å². The molecule has 2 aromatic heterocycles. The third-order valence-corrected chi connectivity index (χ3v) is 3.62. The van der Waals surface area contributed by atoms with E-state index in [0.29, 0.717) is 5.56 Å². The van der Waals surface area contributed by atoms with Crippen molar-refractivity contribution in [3.63, 3.8) is 0 Å². The SMILES string of the molecule is CO/N=C(\C)c1sc(-c2cncc(F)c2)nc1C. The van der Waals surface area contributed by atoms with Gasteiger partial charge in [0.05, 0.1) is 22.5 Å². The zero-order valence-electron chi connectivity index (χ0n) is 10.3. The van der Waals surface area contributed by atoms with E-state index < -0.39 is 0 Å². The zero-order chi connectivity index (χ0) is 13.1. The maximum atomic E-state index is 13.1. The Labute approximate surface area is 108 Å². The number of oxime groups is 1. The van der Waals surface area contributed by atoms with Crippen molar-refractivity contribution in [2.75, 3.05) is 7.11 Å². The van der Waals surface area contributed by atoms with Crippen molar-refractivity contribution in [3.8, 4) is 10.6 Å². The number of rotatable bonds is 3. The van der Waals surface area contributed by atoms with Crippen molar-refractivity contribution in [3.05, 3.63) is 34.8 Å². The van der Waals surface area contributed by atoms with Gasteiger partial charge < -0.3 is 4.84 Å². The van der Waals surface area contributed by atoms with Crippen LogP contribution in [0, 0.1) is 12.7 Å². The van der Waals surface area contributed by atoms with Crippen molar-refractivity contribution in [2.24, 2.45) is 5.16 Å². The van der Waals surface area contributed by atoms with Crippen LogP contribution in [0.25, 0.3) is 10.6 Å². The predicted molar refractivity (Wildman–Crippen MR) is 69.3 cm³/mol. The van der Waals surface area contributed by atoms with Crippen molar-refractivity contribution in [1.82, 2.24) is 9.97 Å². The van der Waals surface area contributed by atoms with Crippen molar-refractivity contribution in [1.29, 1.82) is 0 Å². The fourth-order valence-electron chi connectivity index (χ4n) is 1.56. The number of halogens is 1. The molecule has 94 valence electrons. The molecule has 0 radical (unpaired) electrons. The third-order valence-electron chi connectivity index (χ3n) is 2.31. The molecule has 0 unspecified atom stereocenters. The quantitative estimate of drug-likeness (QED) is 0.633. The Morgan fingerprint density at radius 3 is 2.89 bits per heavy atom. The molecular formula is C12H12FN3OS. The molecule has 0 aliphatic rings. The number of hydrogen-bond donors (Lipinski definition) is 0. The van der Waals surface area contributed by atoms with E-state index in [9.17, 15) is 4.39 Å². The Hall–Kier alpha value is -1.82. The molecule has 0 saturated heterocycles. The molecule has 0 fully saturated rings. The predicted octanol–water partition coefficient (Wildman–Crippen LogP) is 3.02. The van der Waals surface area contributed by atoms with Gasteiger partial charge in [-0.1, -0.05) is 5.16 Å². The summed E-state index contributed by atoms with van der Waals surface area (Å²) in [5.41, 5.74) is 2.26. The van der Waals surface area contributed by atoms with E-state index in [1.807, 2.05) is 13.8 Å². The molecule has 18 heavy (non-hydrogen) atoms. The van der Waals surface area contributed by atoms with Gasteiger partial charge >= 0.3 is 0 Å². The Morgan fingerprint density at radius 1 is 1.44 bits per heavy atom. The minimum atomic E-state index is -0.371. The van der Waals surface area contributed by atoms with Gasteiger partial charge in [0.2, 0.25) is 0 Å². The molecule has 2 rings (SSSR count). The summed E-state index contributed by atoms with van der Waals surface area (Å²) in [5.74, 6) is -0.371. The van der Waals surface area contributed by atoms with Gasteiger partial charge in [-0.2, -0.15) is 0 Å². The summed E-state index contributed by atoms with van der Waals surface area (Å²) < 4.78 is 13.1. The van der Waals surface area contributed by atoms with Crippen LogP contribution in [0.2, 0.25) is 0 Å². The second-order valence-corrected chi connectivity index (χ2v) is 4.68. The van der Waals surface area contributed by atoms with Crippen molar-refractivity contribution in [2.45, 2.75) is 13.8 Å². The van der Waals surface area contributed by atoms with E-state index in [1.54, 1.807) is 6.20 Å². The summed E-state index contributed by atoms with van der Waals surface area (Å²) >= 11 is 1.44. The number of nitrogens with zero attached hydrogens (tertiary/aromatic N) is 3. The topological polar surface area (TPSA) is 47.4 Å². The fourth-order valence-corrected chi connectivity index (χ4v) is 2.55. The lowest BCUT2D eigenvalue weighted by molar-refractivity contribution is 0.213. The first-order chi connectivity index (χ1) is 8.61. The summed E-state index contributed by atoms with van der Waals surface area (Å²) in [7, 11) is 1.50. The van der Waals surface area contributed by atoms with E-state index in [0.717, 1.165) is 21.3 Å². The third kappa shape index (κ3) is 2.53. The average molecular weight is 265 g/mol. The van der Waals surface area contributed by atoms with Gasteiger partial charge in [-0.15, -0.1) is 11.3 Å². The van der Waals surface area contributed by atoms with Gasteiger partial charge in [0.1, 0.15) is 17.9 Å². The minimum absolute atomic E-state index is 0.371. The molecule has 2 aromatic rings. The van der Waals surface area contributed by atoms with Crippen molar-refractivity contribution >= 4 is 17.0 Å². The first-order valence-corrected chi connectivity index (χ1v) is 6.10. The van der Waals surface area contributed by atoms with Crippen LogP contribution in [-0.4, -0.2) is 22.8 Å². The summed E-state index contributed by atoms with van der Waals surface area (Å²) in [4.78, 5) is 13.9. The van der Waals surface area contributed by atoms with E-state index in [1.165, 1.54) is 30.7 Å². The standard InChI is InChI=1S/C12H12FN3OS/c1-7-11(8(2)16-17-3)18-12(15-7)9-4-10(13)6-14-5-9/h4-6H,1-3H3/b16-8+. The van der Waals surface area contributed by atoms with E-state index >= 15 is 0 Å². The highest BCUT2D eigenvalue weighted by atomic mass is 32.1. The Morgan fingerprint density at radius 2 is 2.22 bits per heavy atom. The molecular weight excluding hydrogens is 253 g/mol. The number of thiazole rings is 1. The highest BCUT2D eigenvalue weighted by molar-refractivity contribution is 7.17. The largest absolute Gasteiger partial charge is 0.399 e. The van der Waals surface area contributed by atoms with E-state index in [-0.39, 0.29) is 5.82 Å². The Balaban J connectivity index is 2.43. The maximum Gasteiger partial charge on any atom is 0.142 e. The number of aromatic nitrogens is 2. The molecule has 0 spiro atoms. The number of pyridine rings is 1. The zero-order valence-corrected chi connectivity index (χ0v) is 11.1. The van der Waals surface area contributed by atoms with Crippen LogP contribution in [0.4, 0.5) is 4.39 Å². The van der Waals surface area contributed by atoms with Crippen LogP contribution < -0.4 is 0 Å². The fraction of sp³-hybridized carbons (Fsp3) is 0.250. The second-order valence-electron chi connectivity index (χ2n) is 3.68. The second kappa shape index (κ2) is 5.22. The minimum Gasteiger partial charge on any atom is -0.399 e. The molecule has 0 saturated carbocycles. The van der Waals surface area contributed by atoms with Crippen LogP contribution in [0.15, 0.2) is 23.6 Å². The first kappa shape index (κ1) is 12.6. The average Bonchev–Trinajstić information content (AvgIpc) is 2.72. The molecule has 0 amide bonds. The summed E-state index contributed by atoms with van der Waals surface area (Å²) in [6, 6.07) is 1.41. The Bertz CT molecular complexity index is 595. The van der Waals surface area contributed by atoms with Crippen LogP contribution in [0.3, 0.4) is 0 Å². The molecule has 0 aliphatic heterocycles. The lowest BCUT2D eigenvalue weighted by atomic mass is 10.3. The van der Waals surface area contributed by atoms with E-state index in [4.69, 9.17) is 4.84 Å². The monoisotopic (exact) mass is 265 g/mol. The van der Waals surface area contributed by atoms with Crippen LogP contribution >= 0.6 is 11.3 Å². The number of aryl methyl sites for hydroxylation is 1. The van der Waals surface area contributed by atoms with Gasteiger partial charge in [-0.05, 0) is 19.9 Å². The molecule has 0 atom stereocenters. The van der Waals surface area contributed by atoms with Gasteiger partial charge in [-0.25, -0.2) is 9.37 Å². The highest BCUT2D eigenvalue weighted by Gasteiger charge is 2.12. The van der Waals surface area contributed by atoms with Crippen molar-refractivity contribution < 1.29 is 9.23 Å². The van der Waals surface area contributed by atoms with Crippen LogP contribution in [-0.2, 0) is 4.84 Å². The van der Waals surface area contributed by atoms with Gasteiger partial charge in [0.25, 0.3) is 0 Å². The molecule has 0 aliphatic carbocycles. The smallest absolute Gasteiger partial charge is 0.142 e. The Kier molecular flexibility index (Phi) is 3.66. The summed E-state index contributed by atoms with van der Waals surface area (Å²) in [5, 5.41) is 4.60. The molecule has 0 N–H and O–H groups in total. The van der Waals surface area contributed by atoms with E-state index in [2.05, 4.69) is 15.1 Å². The lowest BCUT2D eigenvalue weighted by Crippen LogP contribution is -1.94. The molecule has 0 aromatic carbocycles. The normalized spacial score (nSPS) is 11.7. The van der Waals surface area contributed by atoms with Gasteiger partial charge in [0.15, 0.2) is 0 Å². The number of hydrogen-bond acceptors (Lipinski definition) is 5. The molecule has 6 heteroatoms. The first-order valence-electron chi connectivity index (χ1n) is 5.28. The lowest BCUT2D eigenvalue weighted by Gasteiger charge is -1.95. The summed E-state index contributed by atoms with van der Waals surface area (Å²) in [6.07, 6.45) is 2.76. The maximum absolute atomic E-state index is 13.1. The molecule has 0 bridgehead atoms. The summed E-state index contributed by atoms with van der Waals surface area (Å²) in [6.45, 7) is 3.73. The molecule has 4 nitrogen and oxygen atoms in total. The highest BCUT2D eigenvalue weighted by Crippen LogP contribution is 2.28.